The van der Waals surface area contributed by atoms with Crippen molar-refractivity contribution in [3.05, 3.63) is 28.0 Å². The SMILES string of the molecule is CN(C)CCCNc1nc(-c2cccs2)nc2sc3c(c12)CCCC3. The molecule has 1 N–H and O–H groups in total. The quantitative estimate of drug-likeness (QED) is 0.639. The fourth-order valence-electron chi connectivity index (χ4n) is 3.40. The van der Waals surface area contributed by atoms with Gasteiger partial charge in [-0.1, -0.05) is 6.07 Å². The zero-order valence-electron chi connectivity index (χ0n) is 14.8. The number of rotatable bonds is 6. The molecule has 0 bridgehead atoms. The Morgan fingerprint density at radius 3 is 2.88 bits per heavy atom. The second-order valence-electron chi connectivity index (χ2n) is 6.85. The minimum absolute atomic E-state index is 0.858. The number of thiophene rings is 2. The number of anilines is 1. The Bertz CT molecular complexity index is 852. The van der Waals surface area contributed by atoms with Gasteiger partial charge in [0.05, 0.1) is 10.3 Å². The summed E-state index contributed by atoms with van der Waals surface area (Å²) in [5.74, 6) is 1.89. The summed E-state index contributed by atoms with van der Waals surface area (Å²) >= 11 is 3.58. The van der Waals surface area contributed by atoms with Crippen molar-refractivity contribution in [3.63, 3.8) is 0 Å². The molecule has 3 aromatic rings. The zero-order valence-corrected chi connectivity index (χ0v) is 16.5. The lowest BCUT2D eigenvalue weighted by atomic mass is 9.97. The molecule has 1 aliphatic carbocycles. The summed E-state index contributed by atoms with van der Waals surface area (Å²) in [7, 11) is 4.24. The number of fused-ring (bicyclic) bond motifs is 3. The molecule has 0 aliphatic heterocycles. The summed E-state index contributed by atoms with van der Waals surface area (Å²) in [6.07, 6.45) is 6.07. The Morgan fingerprint density at radius 1 is 1.20 bits per heavy atom. The lowest BCUT2D eigenvalue weighted by Gasteiger charge is -2.14. The lowest BCUT2D eigenvalue weighted by Crippen LogP contribution is -2.17. The van der Waals surface area contributed by atoms with Gasteiger partial charge < -0.3 is 10.2 Å². The highest BCUT2D eigenvalue weighted by Crippen LogP contribution is 2.40. The molecule has 0 unspecified atom stereocenters. The summed E-state index contributed by atoms with van der Waals surface area (Å²) < 4.78 is 0. The molecular formula is C19H24N4S2. The highest BCUT2D eigenvalue weighted by Gasteiger charge is 2.21. The molecule has 1 aliphatic rings. The van der Waals surface area contributed by atoms with E-state index in [2.05, 4.69) is 41.8 Å². The lowest BCUT2D eigenvalue weighted by molar-refractivity contribution is 0.405. The first kappa shape index (κ1) is 16.9. The van der Waals surface area contributed by atoms with Gasteiger partial charge in [-0.25, -0.2) is 9.97 Å². The molecule has 6 heteroatoms. The van der Waals surface area contributed by atoms with E-state index >= 15 is 0 Å². The molecular weight excluding hydrogens is 348 g/mol. The van der Waals surface area contributed by atoms with Crippen LogP contribution in [0.4, 0.5) is 5.82 Å². The molecule has 25 heavy (non-hydrogen) atoms. The van der Waals surface area contributed by atoms with E-state index < -0.39 is 0 Å². The Labute approximate surface area is 156 Å². The standard InChI is InChI=1S/C19H24N4S2/c1-23(2)11-6-10-20-18-16-13-7-3-4-8-14(13)25-19(16)22-17(21-18)15-9-5-12-24-15/h5,9,12H,3-4,6-8,10-11H2,1-2H3,(H,20,21,22). The predicted molar refractivity (Wildman–Crippen MR) is 109 cm³/mol. The first-order chi connectivity index (χ1) is 12.2. The monoisotopic (exact) mass is 372 g/mol. The van der Waals surface area contributed by atoms with E-state index in [0.29, 0.717) is 0 Å². The number of nitrogens with one attached hydrogen (secondary N) is 1. The third-order valence-electron chi connectivity index (χ3n) is 4.63. The number of hydrogen-bond donors (Lipinski definition) is 1. The number of hydrogen-bond acceptors (Lipinski definition) is 6. The molecule has 0 saturated carbocycles. The van der Waals surface area contributed by atoms with Crippen molar-refractivity contribution in [3.8, 4) is 10.7 Å². The van der Waals surface area contributed by atoms with Gasteiger partial charge in [-0.2, -0.15) is 0 Å². The molecule has 0 spiro atoms. The normalized spacial score (nSPS) is 14.2. The topological polar surface area (TPSA) is 41.0 Å². The largest absolute Gasteiger partial charge is 0.369 e. The van der Waals surface area contributed by atoms with Gasteiger partial charge in [0.15, 0.2) is 5.82 Å². The van der Waals surface area contributed by atoms with Crippen LogP contribution < -0.4 is 5.32 Å². The van der Waals surface area contributed by atoms with Crippen molar-refractivity contribution in [1.29, 1.82) is 0 Å². The van der Waals surface area contributed by atoms with Crippen LogP contribution in [0, 0.1) is 0 Å². The second-order valence-corrected chi connectivity index (χ2v) is 8.88. The highest BCUT2D eigenvalue weighted by atomic mass is 32.1. The van der Waals surface area contributed by atoms with Crippen molar-refractivity contribution >= 4 is 38.7 Å². The van der Waals surface area contributed by atoms with E-state index in [1.807, 2.05) is 11.3 Å². The van der Waals surface area contributed by atoms with Gasteiger partial charge >= 0.3 is 0 Å². The van der Waals surface area contributed by atoms with Crippen molar-refractivity contribution in [2.24, 2.45) is 0 Å². The van der Waals surface area contributed by atoms with Gasteiger partial charge in [0.1, 0.15) is 10.6 Å². The van der Waals surface area contributed by atoms with E-state index in [0.717, 1.165) is 40.9 Å². The minimum atomic E-state index is 0.858. The average molecular weight is 373 g/mol. The van der Waals surface area contributed by atoms with E-state index in [9.17, 15) is 0 Å². The molecule has 0 aromatic carbocycles. The maximum Gasteiger partial charge on any atom is 0.173 e. The number of aryl methyl sites for hydroxylation is 2. The van der Waals surface area contributed by atoms with Crippen LogP contribution in [0.15, 0.2) is 17.5 Å². The molecule has 0 radical (unpaired) electrons. The Morgan fingerprint density at radius 2 is 2.08 bits per heavy atom. The van der Waals surface area contributed by atoms with Gasteiger partial charge in [-0.3, -0.25) is 0 Å². The van der Waals surface area contributed by atoms with Crippen molar-refractivity contribution in [2.45, 2.75) is 32.1 Å². The molecule has 4 nitrogen and oxygen atoms in total. The third-order valence-corrected chi connectivity index (χ3v) is 6.68. The second kappa shape index (κ2) is 7.40. The molecule has 0 atom stereocenters. The Hall–Kier alpha value is -1.50. The third kappa shape index (κ3) is 3.57. The van der Waals surface area contributed by atoms with E-state index in [1.54, 1.807) is 11.3 Å². The molecule has 4 rings (SSSR count). The number of aromatic nitrogens is 2. The maximum absolute atomic E-state index is 4.92. The van der Waals surface area contributed by atoms with Crippen LogP contribution >= 0.6 is 22.7 Å². The van der Waals surface area contributed by atoms with Crippen LogP contribution in [0.2, 0.25) is 0 Å². The van der Waals surface area contributed by atoms with Crippen LogP contribution in [0.5, 0.6) is 0 Å². The number of nitrogens with zero attached hydrogens (tertiary/aromatic N) is 3. The van der Waals surface area contributed by atoms with Gasteiger partial charge in [0.25, 0.3) is 0 Å². The van der Waals surface area contributed by atoms with Crippen LogP contribution in [0.1, 0.15) is 29.7 Å². The molecule has 0 saturated heterocycles. The smallest absolute Gasteiger partial charge is 0.173 e. The first-order valence-corrected chi connectivity index (χ1v) is 10.7. The van der Waals surface area contributed by atoms with Crippen molar-refractivity contribution < 1.29 is 0 Å². The Balaban J connectivity index is 1.72. The summed E-state index contributed by atoms with van der Waals surface area (Å²) in [5.41, 5.74) is 1.50. The highest BCUT2D eigenvalue weighted by molar-refractivity contribution is 7.19. The summed E-state index contributed by atoms with van der Waals surface area (Å²) in [5, 5.41) is 6.99. The van der Waals surface area contributed by atoms with Gasteiger partial charge in [0.2, 0.25) is 0 Å². The van der Waals surface area contributed by atoms with Gasteiger partial charge in [0, 0.05) is 11.4 Å². The van der Waals surface area contributed by atoms with Crippen LogP contribution in [-0.4, -0.2) is 42.1 Å². The first-order valence-electron chi connectivity index (χ1n) is 8.97. The van der Waals surface area contributed by atoms with Crippen LogP contribution in [0.3, 0.4) is 0 Å². The maximum atomic E-state index is 4.92. The molecule has 0 fully saturated rings. The molecule has 3 aromatic heterocycles. The molecule has 3 heterocycles. The minimum Gasteiger partial charge on any atom is -0.369 e. The van der Waals surface area contributed by atoms with Crippen LogP contribution in [-0.2, 0) is 12.8 Å². The predicted octanol–water partition coefficient (Wildman–Crippen LogP) is 4.66. The fourth-order valence-corrected chi connectivity index (χ4v) is 5.32. The Kier molecular flexibility index (Phi) is 5.01. The fraction of sp³-hybridized carbons (Fsp3) is 0.474. The summed E-state index contributed by atoms with van der Waals surface area (Å²) in [6.45, 7) is 2.03. The zero-order chi connectivity index (χ0) is 17.2. The summed E-state index contributed by atoms with van der Waals surface area (Å²) in [6, 6.07) is 4.17. The molecule has 132 valence electrons. The van der Waals surface area contributed by atoms with E-state index in [1.165, 1.54) is 41.5 Å². The van der Waals surface area contributed by atoms with E-state index in [-0.39, 0.29) is 0 Å². The van der Waals surface area contributed by atoms with Gasteiger partial charge in [-0.15, -0.1) is 22.7 Å². The van der Waals surface area contributed by atoms with Crippen LogP contribution in [0.25, 0.3) is 20.9 Å². The van der Waals surface area contributed by atoms with Gasteiger partial charge in [-0.05, 0) is 69.8 Å². The van der Waals surface area contributed by atoms with E-state index in [4.69, 9.17) is 9.97 Å². The van der Waals surface area contributed by atoms with Crippen molar-refractivity contribution in [2.75, 3.05) is 32.5 Å². The molecule has 0 amide bonds. The summed E-state index contributed by atoms with van der Waals surface area (Å²) in [4.78, 5) is 15.9. The van der Waals surface area contributed by atoms with Crippen molar-refractivity contribution in [1.82, 2.24) is 14.9 Å². The average Bonchev–Trinajstić information content (AvgIpc) is 3.25.